The summed E-state index contributed by atoms with van der Waals surface area (Å²) in [6.07, 6.45) is 6.98. The molecular weight excluding hydrogens is 315 g/mol. The summed E-state index contributed by atoms with van der Waals surface area (Å²) in [7, 11) is 0. The molecule has 0 saturated carbocycles. The summed E-state index contributed by atoms with van der Waals surface area (Å²) in [4.78, 5) is 11.2. The molecule has 0 amide bonds. The van der Waals surface area contributed by atoms with E-state index in [-0.39, 0.29) is 0 Å². The zero-order valence-electron chi connectivity index (χ0n) is 9.10. The van der Waals surface area contributed by atoms with Gasteiger partial charge in [-0.25, -0.2) is 9.97 Å². The zero-order chi connectivity index (χ0) is 11.1. The highest BCUT2D eigenvalue weighted by Crippen LogP contribution is 2.23. The third-order valence-corrected chi connectivity index (χ3v) is 3.83. The first-order chi connectivity index (χ1) is 7.75. The lowest BCUT2D eigenvalue weighted by atomic mass is 10.2. The number of halogens is 1. The van der Waals surface area contributed by atoms with E-state index in [1.165, 1.54) is 6.42 Å². The van der Waals surface area contributed by atoms with Crippen LogP contribution in [0.25, 0.3) is 5.65 Å². The molecule has 4 nitrogen and oxygen atoms in total. The minimum absolute atomic E-state index is 0.764. The fourth-order valence-corrected chi connectivity index (χ4v) is 2.76. The van der Waals surface area contributed by atoms with Gasteiger partial charge in [0.1, 0.15) is 0 Å². The summed E-state index contributed by atoms with van der Waals surface area (Å²) in [5, 5.41) is 0. The van der Waals surface area contributed by atoms with E-state index in [4.69, 9.17) is 0 Å². The highest BCUT2D eigenvalue weighted by atomic mass is 127. The van der Waals surface area contributed by atoms with Crippen LogP contribution in [-0.2, 0) is 0 Å². The van der Waals surface area contributed by atoms with E-state index in [2.05, 4.69) is 48.8 Å². The highest BCUT2D eigenvalue weighted by Gasteiger charge is 2.22. The lowest BCUT2D eigenvalue weighted by Gasteiger charge is -2.18. The van der Waals surface area contributed by atoms with Crippen LogP contribution in [0.1, 0.15) is 13.3 Å². The van der Waals surface area contributed by atoms with Gasteiger partial charge >= 0.3 is 0 Å². The first-order valence-corrected chi connectivity index (χ1v) is 6.56. The molecule has 0 radical (unpaired) electrons. The Morgan fingerprint density at radius 3 is 3.06 bits per heavy atom. The van der Waals surface area contributed by atoms with Crippen molar-refractivity contribution in [3.05, 3.63) is 22.2 Å². The number of fused-ring (bicyclic) bond motifs is 1. The van der Waals surface area contributed by atoms with E-state index in [9.17, 15) is 0 Å². The first kappa shape index (κ1) is 10.3. The van der Waals surface area contributed by atoms with Crippen LogP contribution in [0.2, 0.25) is 0 Å². The maximum absolute atomic E-state index is 4.54. The van der Waals surface area contributed by atoms with E-state index in [1.807, 2.05) is 18.6 Å². The van der Waals surface area contributed by atoms with Crippen molar-refractivity contribution in [1.82, 2.24) is 14.4 Å². The Morgan fingerprint density at radius 2 is 2.31 bits per heavy atom. The average Bonchev–Trinajstić information content (AvgIpc) is 2.87. The van der Waals surface area contributed by atoms with Crippen molar-refractivity contribution in [2.45, 2.75) is 13.3 Å². The molecule has 1 unspecified atom stereocenters. The number of rotatable bonds is 1. The van der Waals surface area contributed by atoms with Crippen LogP contribution >= 0.6 is 22.6 Å². The van der Waals surface area contributed by atoms with E-state index >= 15 is 0 Å². The molecule has 0 aliphatic carbocycles. The Balaban J connectivity index is 2.10. The third kappa shape index (κ3) is 1.57. The topological polar surface area (TPSA) is 33.4 Å². The van der Waals surface area contributed by atoms with Crippen molar-refractivity contribution in [2.75, 3.05) is 18.0 Å². The van der Waals surface area contributed by atoms with Gasteiger partial charge in [-0.2, -0.15) is 0 Å². The van der Waals surface area contributed by atoms with Crippen molar-refractivity contribution in [1.29, 1.82) is 0 Å². The molecule has 1 fully saturated rings. The molecule has 5 heteroatoms. The van der Waals surface area contributed by atoms with Crippen LogP contribution in [0.5, 0.6) is 0 Å². The molecule has 1 aliphatic rings. The van der Waals surface area contributed by atoms with Crippen LogP contribution in [0.3, 0.4) is 0 Å². The highest BCUT2D eigenvalue weighted by molar-refractivity contribution is 14.1. The van der Waals surface area contributed by atoms with Gasteiger partial charge in [-0.05, 0) is 34.9 Å². The second-order valence-corrected chi connectivity index (χ2v) is 5.53. The second kappa shape index (κ2) is 3.87. The van der Waals surface area contributed by atoms with Crippen molar-refractivity contribution < 1.29 is 0 Å². The largest absolute Gasteiger partial charge is 0.342 e. The normalized spacial score (nSPS) is 20.9. The molecule has 1 aliphatic heterocycles. The summed E-state index contributed by atoms with van der Waals surface area (Å²) in [5.74, 6) is 1.79. The van der Waals surface area contributed by atoms with Crippen molar-refractivity contribution in [2.24, 2.45) is 5.92 Å². The standard InChI is InChI=1S/C11H13IN4/c1-8-2-4-15(7-8)11-14-6-9(12)10-13-3-5-16(10)11/h3,5-6,8H,2,4,7H2,1H3. The number of hydrogen-bond acceptors (Lipinski definition) is 3. The molecule has 1 saturated heterocycles. The van der Waals surface area contributed by atoms with E-state index < -0.39 is 0 Å². The van der Waals surface area contributed by atoms with Gasteiger partial charge in [0.05, 0.1) is 3.57 Å². The fraction of sp³-hybridized carbons (Fsp3) is 0.455. The molecule has 0 aromatic carbocycles. The van der Waals surface area contributed by atoms with E-state index in [0.29, 0.717) is 0 Å². The van der Waals surface area contributed by atoms with Crippen LogP contribution in [0.4, 0.5) is 5.95 Å². The Bertz CT molecular complexity index is 522. The van der Waals surface area contributed by atoms with Gasteiger partial charge in [-0.1, -0.05) is 6.92 Å². The lowest BCUT2D eigenvalue weighted by molar-refractivity contribution is 0.657. The lowest BCUT2D eigenvalue weighted by Crippen LogP contribution is -2.23. The van der Waals surface area contributed by atoms with Crippen LogP contribution in [0.15, 0.2) is 18.6 Å². The molecule has 0 N–H and O–H groups in total. The Labute approximate surface area is 108 Å². The number of aromatic nitrogens is 3. The minimum Gasteiger partial charge on any atom is -0.342 e. The Morgan fingerprint density at radius 1 is 1.44 bits per heavy atom. The van der Waals surface area contributed by atoms with Crippen LogP contribution < -0.4 is 4.90 Å². The predicted octanol–water partition coefficient (Wildman–Crippen LogP) is 2.18. The fourth-order valence-electron chi connectivity index (χ4n) is 2.23. The quantitative estimate of drug-likeness (QED) is 0.753. The third-order valence-electron chi connectivity index (χ3n) is 3.07. The molecule has 1 atom stereocenters. The smallest absolute Gasteiger partial charge is 0.211 e. The summed E-state index contributed by atoms with van der Waals surface area (Å²) >= 11 is 2.27. The molecule has 2 aromatic rings. The molecule has 3 heterocycles. The predicted molar refractivity (Wildman–Crippen MR) is 71.7 cm³/mol. The SMILES string of the molecule is CC1CCN(c2ncc(I)c3nccn23)C1. The monoisotopic (exact) mass is 328 g/mol. The van der Waals surface area contributed by atoms with Crippen molar-refractivity contribution >= 4 is 34.2 Å². The summed E-state index contributed by atoms with van der Waals surface area (Å²) in [6.45, 7) is 4.49. The number of nitrogens with zero attached hydrogens (tertiary/aromatic N) is 4. The van der Waals surface area contributed by atoms with E-state index in [1.54, 1.807) is 0 Å². The van der Waals surface area contributed by atoms with Gasteiger partial charge in [0.15, 0.2) is 5.65 Å². The van der Waals surface area contributed by atoms with Crippen LogP contribution in [-0.4, -0.2) is 27.5 Å². The molecule has 0 bridgehead atoms. The van der Waals surface area contributed by atoms with Crippen molar-refractivity contribution in [3.63, 3.8) is 0 Å². The molecule has 84 valence electrons. The van der Waals surface area contributed by atoms with E-state index in [0.717, 1.165) is 34.2 Å². The summed E-state index contributed by atoms with van der Waals surface area (Å²) in [5.41, 5.74) is 1.00. The molecule has 0 spiro atoms. The van der Waals surface area contributed by atoms with Crippen LogP contribution in [0, 0.1) is 9.49 Å². The van der Waals surface area contributed by atoms with Gasteiger partial charge in [-0.15, -0.1) is 0 Å². The average molecular weight is 328 g/mol. The molecule has 2 aromatic heterocycles. The maximum Gasteiger partial charge on any atom is 0.211 e. The molecular formula is C11H13IN4. The van der Waals surface area contributed by atoms with Gasteiger partial charge in [0.25, 0.3) is 0 Å². The number of imidazole rings is 1. The van der Waals surface area contributed by atoms with Gasteiger partial charge < -0.3 is 4.90 Å². The Hall–Kier alpha value is -0.850. The maximum atomic E-state index is 4.54. The summed E-state index contributed by atoms with van der Waals surface area (Å²) < 4.78 is 3.18. The second-order valence-electron chi connectivity index (χ2n) is 4.37. The van der Waals surface area contributed by atoms with Gasteiger partial charge in [-0.3, -0.25) is 4.40 Å². The molecule has 16 heavy (non-hydrogen) atoms. The van der Waals surface area contributed by atoms with Gasteiger partial charge in [0, 0.05) is 31.7 Å². The Kier molecular flexibility index (Phi) is 2.49. The molecule has 3 rings (SSSR count). The zero-order valence-corrected chi connectivity index (χ0v) is 11.3. The van der Waals surface area contributed by atoms with Crippen molar-refractivity contribution in [3.8, 4) is 0 Å². The summed E-state index contributed by atoms with van der Waals surface area (Å²) in [6, 6.07) is 0. The number of hydrogen-bond donors (Lipinski definition) is 0. The number of anilines is 1. The first-order valence-electron chi connectivity index (χ1n) is 5.48. The van der Waals surface area contributed by atoms with Gasteiger partial charge in [0.2, 0.25) is 5.95 Å². The minimum atomic E-state index is 0.764.